The lowest BCUT2D eigenvalue weighted by molar-refractivity contribution is -0.320. The highest BCUT2D eigenvalue weighted by Crippen LogP contribution is 2.67. The van der Waals surface area contributed by atoms with Crippen LogP contribution in [0.3, 0.4) is 0 Å². The van der Waals surface area contributed by atoms with Crippen LogP contribution in [0.25, 0.3) is 0 Å². The number of carboxylic acid groups (broad SMARTS) is 1. The Balaban J connectivity index is 1.53. The van der Waals surface area contributed by atoms with Gasteiger partial charge in [0.25, 0.3) is 0 Å². The summed E-state index contributed by atoms with van der Waals surface area (Å²) in [5.74, 6) is -0.737. The maximum absolute atomic E-state index is 12.7. The van der Waals surface area contributed by atoms with Crippen LogP contribution in [0, 0.1) is 34.5 Å². The third-order valence-corrected chi connectivity index (χ3v) is 10.5. The zero-order valence-electron chi connectivity index (χ0n) is 21.1. The summed E-state index contributed by atoms with van der Waals surface area (Å²) in [4.78, 5) is 36.6. The van der Waals surface area contributed by atoms with E-state index in [4.69, 9.17) is 9.47 Å². The third-order valence-electron chi connectivity index (χ3n) is 10.5. The molecule has 9 nitrogen and oxygen atoms in total. The van der Waals surface area contributed by atoms with Crippen LogP contribution in [-0.4, -0.2) is 74.8 Å². The van der Waals surface area contributed by atoms with E-state index in [1.54, 1.807) is 13.0 Å². The van der Waals surface area contributed by atoms with Crippen LogP contribution < -0.4 is 0 Å². The number of Topliss-reactive ketones (excluding diaryl/α,β-unsaturated/α-hetero) is 1. The summed E-state index contributed by atoms with van der Waals surface area (Å²) in [5.41, 5.74) is 0.493. The van der Waals surface area contributed by atoms with Crippen molar-refractivity contribution >= 4 is 17.5 Å². The fraction of sp³-hybridized carbons (Fsp3) is 0.815. The number of aliphatic carboxylic acids is 1. The van der Waals surface area contributed by atoms with Crippen LogP contribution in [0.4, 0.5) is 0 Å². The van der Waals surface area contributed by atoms with Gasteiger partial charge in [-0.25, -0.2) is 4.79 Å². The number of rotatable bonds is 4. The van der Waals surface area contributed by atoms with E-state index >= 15 is 0 Å². The minimum Gasteiger partial charge on any atom is -0.479 e. The number of fused-ring (bicyclic) bond motifs is 5. The summed E-state index contributed by atoms with van der Waals surface area (Å²) in [6, 6.07) is 0. The van der Waals surface area contributed by atoms with Crippen LogP contribution in [0.1, 0.15) is 65.7 Å². The van der Waals surface area contributed by atoms with E-state index in [9.17, 15) is 34.8 Å². The van der Waals surface area contributed by atoms with Crippen LogP contribution in [0.2, 0.25) is 0 Å². The first-order valence-corrected chi connectivity index (χ1v) is 13.2. The van der Waals surface area contributed by atoms with Gasteiger partial charge in [0.1, 0.15) is 24.1 Å². The summed E-state index contributed by atoms with van der Waals surface area (Å²) in [6.45, 7) is 5.97. The first kappa shape index (κ1) is 26.0. The van der Waals surface area contributed by atoms with Crippen molar-refractivity contribution in [1.29, 1.82) is 0 Å². The summed E-state index contributed by atoms with van der Waals surface area (Å²) >= 11 is 0. The standard InChI is InChI=1S/C27H38O9/c1-12(28)16-6-7-17-15-5-4-13-10-14(29)8-9-26(13,2)19(15)18(11-27(16,17)3)35-25-22(32)20(30)21(31)23(36-25)24(33)34/h10,15-23,25,30-32H,4-9,11H2,1-3H3,(H,33,34)/t15-,16-,17-,18+,19+,20+,21+,22-,23+,25+,26+,27-/m1/s1. The minimum atomic E-state index is -1.79. The average molecular weight is 507 g/mol. The highest BCUT2D eigenvalue weighted by molar-refractivity contribution is 5.91. The Morgan fingerprint density at radius 1 is 1.06 bits per heavy atom. The molecular formula is C27H38O9. The number of allylic oxidation sites excluding steroid dienone is 1. The van der Waals surface area contributed by atoms with Crippen LogP contribution in [0.5, 0.6) is 0 Å². The molecular weight excluding hydrogens is 468 g/mol. The van der Waals surface area contributed by atoms with Crippen molar-refractivity contribution < 1.29 is 44.3 Å². The number of aliphatic hydroxyl groups excluding tert-OH is 3. The zero-order valence-corrected chi connectivity index (χ0v) is 21.1. The molecule has 5 aliphatic rings. The Labute approximate surface area is 210 Å². The van der Waals surface area contributed by atoms with Gasteiger partial charge in [0.2, 0.25) is 0 Å². The number of carbonyl (C=O) groups is 3. The Bertz CT molecular complexity index is 976. The molecule has 4 N–H and O–H groups in total. The molecule has 4 fully saturated rings. The molecule has 4 aliphatic carbocycles. The number of hydrogen-bond acceptors (Lipinski definition) is 8. The normalized spacial score (nSPS) is 50.5. The lowest BCUT2D eigenvalue weighted by atomic mass is 9.46. The maximum atomic E-state index is 12.7. The molecule has 3 saturated carbocycles. The number of carboxylic acids is 1. The predicted octanol–water partition coefficient (Wildman–Crippen LogP) is 1.61. The van der Waals surface area contributed by atoms with E-state index in [0.29, 0.717) is 25.2 Å². The van der Waals surface area contributed by atoms with Gasteiger partial charge >= 0.3 is 5.97 Å². The lowest BCUT2D eigenvalue weighted by Gasteiger charge is -2.61. The molecule has 0 spiro atoms. The van der Waals surface area contributed by atoms with E-state index in [1.165, 1.54) is 0 Å². The number of ether oxygens (including phenoxy) is 2. The summed E-state index contributed by atoms with van der Waals surface area (Å²) in [5, 5.41) is 40.7. The smallest absolute Gasteiger partial charge is 0.335 e. The molecule has 0 radical (unpaired) electrons. The molecule has 0 bridgehead atoms. The largest absolute Gasteiger partial charge is 0.479 e. The monoisotopic (exact) mass is 506 g/mol. The Kier molecular flexibility index (Phi) is 6.48. The Hall–Kier alpha value is -1.65. The SMILES string of the molecule is CC(=O)[C@H]1CC[C@@H]2[C@H]3CCC4=CC(=O)CC[C@]4(C)[C@@H]3[C@@H](O[C@H]3O[C@H](C(=O)O)[C@@H](O)[C@H](O)[C@H]3O)C[C@]12C. The fourth-order valence-corrected chi connectivity index (χ4v) is 8.78. The van der Waals surface area contributed by atoms with Crippen molar-refractivity contribution in [2.45, 2.75) is 103 Å². The molecule has 5 rings (SSSR count). The number of aliphatic hydroxyl groups is 3. The van der Waals surface area contributed by atoms with E-state index in [1.807, 2.05) is 0 Å². The molecule has 0 aromatic rings. The molecule has 1 saturated heterocycles. The van der Waals surface area contributed by atoms with Gasteiger partial charge in [-0.15, -0.1) is 0 Å². The van der Waals surface area contributed by atoms with Gasteiger partial charge in [0, 0.05) is 12.3 Å². The van der Waals surface area contributed by atoms with Gasteiger partial charge in [-0.1, -0.05) is 19.4 Å². The van der Waals surface area contributed by atoms with Crippen LogP contribution in [-0.2, 0) is 23.9 Å². The number of carbonyl (C=O) groups excluding carboxylic acids is 2. The topological polar surface area (TPSA) is 151 Å². The second-order valence-electron chi connectivity index (χ2n) is 12.2. The summed E-state index contributed by atoms with van der Waals surface area (Å²) in [6.07, 6.45) is -1.93. The van der Waals surface area contributed by atoms with Crippen LogP contribution in [0.15, 0.2) is 11.6 Å². The molecule has 1 heterocycles. The van der Waals surface area contributed by atoms with Crippen molar-refractivity contribution in [3.8, 4) is 0 Å². The van der Waals surface area contributed by atoms with Crippen molar-refractivity contribution in [2.24, 2.45) is 34.5 Å². The van der Waals surface area contributed by atoms with Crippen molar-refractivity contribution in [3.63, 3.8) is 0 Å². The van der Waals surface area contributed by atoms with Gasteiger partial charge < -0.3 is 29.9 Å². The van der Waals surface area contributed by atoms with Gasteiger partial charge in [0.15, 0.2) is 18.2 Å². The minimum absolute atomic E-state index is 0.0162. The average Bonchev–Trinajstić information content (AvgIpc) is 3.16. The van der Waals surface area contributed by atoms with E-state index in [-0.39, 0.29) is 40.2 Å². The molecule has 12 atom stereocenters. The van der Waals surface area contributed by atoms with E-state index in [0.717, 1.165) is 31.3 Å². The molecule has 0 aromatic heterocycles. The Morgan fingerprint density at radius 2 is 1.78 bits per heavy atom. The van der Waals surface area contributed by atoms with E-state index in [2.05, 4.69) is 13.8 Å². The maximum Gasteiger partial charge on any atom is 0.335 e. The second-order valence-corrected chi connectivity index (χ2v) is 12.2. The van der Waals surface area contributed by atoms with Gasteiger partial charge in [-0.2, -0.15) is 0 Å². The summed E-state index contributed by atoms with van der Waals surface area (Å²) in [7, 11) is 0. The number of hydrogen-bond donors (Lipinski definition) is 4. The van der Waals surface area contributed by atoms with Gasteiger partial charge in [-0.05, 0) is 80.1 Å². The second kappa shape index (κ2) is 8.98. The Morgan fingerprint density at radius 3 is 2.44 bits per heavy atom. The summed E-state index contributed by atoms with van der Waals surface area (Å²) < 4.78 is 11.9. The molecule has 1 aliphatic heterocycles. The molecule has 0 unspecified atom stereocenters. The van der Waals surface area contributed by atoms with Gasteiger partial charge in [-0.3, -0.25) is 9.59 Å². The molecule has 0 aromatic carbocycles. The van der Waals surface area contributed by atoms with Crippen molar-refractivity contribution in [1.82, 2.24) is 0 Å². The van der Waals surface area contributed by atoms with Crippen LogP contribution >= 0.6 is 0 Å². The fourth-order valence-electron chi connectivity index (χ4n) is 8.78. The first-order chi connectivity index (χ1) is 16.9. The first-order valence-electron chi connectivity index (χ1n) is 13.2. The molecule has 200 valence electrons. The van der Waals surface area contributed by atoms with Crippen molar-refractivity contribution in [2.75, 3.05) is 0 Å². The predicted molar refractivity (Wildman–Crippen MR) is 125 cm³/mol. The van der Waals surface area contributed by atoms with E-state index < -0.39 is 42.8 Å². The number of ketones is 2. The molecule has 0 amide bonds. The zero-order chi connectivity index (χ0) is 26.2. The molecule has 9 heteroatoms. The third kappa shape index (κ3) is 3.81. The van der Waals surface area contributed by atoms with Gasteiger partial charge in [0.05, 0.1) is 6.10 Å². The molecule has 36 heavy (non-hydrogen) atoms. The highest BCUT2D eigenvalue weighted by atomic mass is 16.7. The quantitative estimate of drug-likeness (QED) is 0.446. The highest BCUT2D eigenvalue weighted by Gasteiger charge is 2.64. The van der Waals surface area contributed by atoms with Crippen molar-refractivity contribution in [3.05, 3.63) is 11.6 Å². The lowest BCUT2D eigenvalue weighted by Crippen LogP contribution is -2.63.